The van der Waals surface area contributed by atoms with E-state index in [-0.39, 0.29) is 17.5 Å². The number of aliphatic hydroxyl groups is 1. The van der Waals surface area contributed by atoms with Crippen LogP contribution in [0.3, 0.4) is 0 Å². The zero-order valence-electron chi connectivity index (χ0n) is 10.1. The first kappa shape index (κ1) is 14.5. The van der Waals surface area contributed by atoms with Crippen molar-refractivity contribution in [2.45, 2.75) is 43.7 Å². The van der Waals surface area contributed by atoms with E-state index in [2.05, 4.69) is 15.9 Å². The molecule has 1 saturated heterocycles. The quantitative estimate of drug-likeness (QED) is 0.908. The lowest BCUT2D eigenvalue weighted by molar-refractivity contribution is 0.268. The summed E-state index contributed by atoms with van der Waals surface area (Å²) in [5, 5.41) is 9.08. The van der Waals surface area contributed by atoms with Crippen LogP contribution in [0, 0.1) is 0 Å². The van der Waals surface area contributed by atoms with E-state index in [0.717, 1.165) is 19.3 Å². The molecule has 18 heavy (non-hydrogen) atoms. The number of hydrogen-bond acceptors (Lipinski definition) is 4. The lowest BCUT2D eigenvalue weighted by Crippen LogP contribution is -2.41. The van der Waals surface area contributed by atoms with Gasteiger partial charge in [-0.2, -0.15) is 4.31 Å². The monoisotopic (exact) mass is 353 g/mol. The van der Waals surface area contributed by atoms with Crippen molar-refractivity contribution in [3.63, 3.8) is 0 Å². The first-order chi connectivity index (χ1) is 8.46. The molecule has 0 aliphatic carbocycles. The molecule has 0 saturated carbocycles. The van der Waals surface area contributed by atoms with E-state index >= 15 is 0 Å². The molecule has 102 valence electrons. The summed E-state index contributed by atoms with van der Waals surface area (Å²) in [6.07, 6.45) is 2.91. The van der Waals surface area contributed by atoms with Gasteiger partial charge in [0.25, 0.3) is 0 Å². The van der Waals surface area contributed by atoms with Gasteiger partial charge in [0, 0.05) is 17.5 Å². The predicted molar refractivity (Wildman–Crippen MR) is 75.1 cm³/mol. The molecule has 1 fully saturated rings. The number of aliphatic hydroxyl groups excluding tert-OH is 1. The highest BCUT2D eigenvalue weighted by Crippen LogP contribution is 2.35. The molecule has 1 aromatic rings. The first-order valence-corrected chi connectivity index (χ1v) is 8.92. The topological polar surface area (TPSA) is 57.6 Å². The Balaban J connectivity index is 2.37. The fourth-order valence-corrected chi connectivity index (χ4v) is 6.40. The minimum Gasteiger partial charge on any atom is -0.391 e. The van der Waals surface area contributed by atoms with Gasteiger partial charge in [-0.25, -0.2) is 8.42 Å². The number of thiophene rings is 1. The third-order valence-corrected chi connectivity index (χ3v) is 7.44. The van der Waals surface area contributed by atoms with Crippen LogP contribution in [0.5, 0.6) is 0 Å². The molecule has 1 unspecified atom stereocenters. The molecular formula is C11H16BrNO3S2. The van der Waals surface area contributed by atoms with Gasteiger partial charge in [-0.3, -0.25) is 0 Å². The Morgan fingerprint density at radius 3 is 2.83 bits per heavy atom. The van der Waals surface area contributed by atoms with Gasteiger partial charge in [-0.1, -0.05) is 6.42 Å². The van der Waals surface area contributed by atoms with Crippen LogP contribution < -0.4 is 0 Å². The van der Waals surface area contributed by atoms with E-state index in [1.807, 2.05) is 6.92 Å². The van der Waals surface area contributed by atoms with Gasteiger partial charge in [0.05, 0.1) is 10.4 Å². The van der Waals surface area contributed by atoms with E-state index in [0.29, 0.717) is 15.2 Å². The van der Waals surface area contributed by atoms with E-state index < -0.39 is 10.0 Å². The Labute approximate surface area is 120 Å². The lowest BCUT2D eigenvalue weighted by atomic mass is 10.1. The minimum absolute atomic E-state index is 0.0492. The molecule has 1 aliphatic rings. The van der Waals surface area contributed by atoms with Crippen LogP contribution in [0.15, 0.2) is 14.7 Å². The molecule has 2 rings (SSSR count). The number of halogens is 1. The highest BCUT2D eigenvalue weighted by atomic mass is 79.9. The van der Waals surface area contributed by atoms with E-state index in [4.69, 9.17) is 5.11 Å². The number of piperidine rings is 1. The van der Waals surface area contributed by atoms with E-state index in [1.54, 1.807) is 10.4 Å². The molecule has 4 nitrogen and oxygen atoms in total. The van der Waals surface area contributed by atoms with Crippen molar-refractivity contribution in [2.75, 3.05) is 6.54 Å². The highest BCUT2D eigenvalue weighted by Gasteiger charge is 2.33. The van der Waals surface area contributed by atoms with Crippen LogP contribution in [0.2, 0.25) is 0 Å². The van der Waals surface area contributed by atoms with Gasteiger partial charge in [0.2, 0.25) is 10.0 Å². The largest absolute Gasteiger partial charge is 0.391 e. The van der Waals surface area contributed by atoms with Crippen LogP contribution in [0.1, 0.15) is 31.1 Å². The molecule has 2 heterocycles. The van der Waals surface area contributed by atoms with Crippen LogP contribution in [0.25, 0.3) is 0 Å². The van der Waals surface area contributed by atoms with Crippen molar-refractivity contribution in [3.05, 3.63) is 14.7 Å². The summed E-state index contributed by atoms with van der Waals surface area (Å²) >= 11 is 4.55. The maximum absolute atomic E-state index is 12.6. The molecule has 0 aromatic carbocycles. The van der Waals surface area contributed by atoms with Crippen LogP contribution >= 0.6 is 27.3 Å². The molecule has 1 N–H and O–H groups in total. The zero-order valence-corrected chi connectivity index (χ0v) is 13.3. The van der Waals surface area contributed by atoms with Crippen molar-refractivity contribution in [3.8, 4) is 0 Å². The Hall–Kier alpha value is 0.0500. The van der Waals surface area contributed by atoms with Crippen molar-refractivity contribution >= 4 is 37.3 Å². The molecule has 0 amide bonds. The van der Waals surface area contributed by atoms with Gasteiger partial charge in [0.15, 0.2) is 0 Å². The third kappa shape index (κ3) is 2.65. The molecule has 1 atom stereocenters. The van der Waals surface area contributed by atoms with Crippen LogP contribution in [-0.2, 0) is 16.6 Å². The Kier molecular flexibility index (Phi) is 4.48. The van der Waals surface area contributed by atoms with Crippen molar-refractivity contribution < 1.29 is 13.5 Å². The Morgan fingerprint density at radius 1 is 1.56 bits per heavy atom. The summed E-state index contributed by atoms with van der Waals surface area (Å²) in [5.41, 5.74) is 0. The highest BCUT2D eigenvalue weighted by molar-refractivity contribution is 9.11. The second-order valence-corrected chi connectivity index (χ2v) is 8.78. The average Bonchev–Trinajstić information content (AvgIpc) is 2.71. The number of nitrogens with zero attached hydrogens (tertiary/aromatic N) is 1. The molecular weight excluding hydrogens is 338 g/mol. The summed E-state index contributed by atoms with van der Waals surface area (Å²) in [5.74, 6) is 0. The number of hydrogen-bond donors (Lipinski definition) is 1. The van der Waals surface area contributed by atoms with Crippen LogP contribution in [-0.4, -0.2) is 30.4 Å². The summed E-state index contributed by atoms with van der Waals surface area (Å²) < 4.78 is 27.3. The summed E-state index contributed by atoms with van der Waals surface area (Å²) in [6, 6.07) is 1.61. The van der Waals surface area contributed by atoms with Gasteiger partial charge < -0.3 is 5.11 Å². The van der Waals surface area contributed by atoms with Crippen molar-refractivity contribution in [1.29, 1.82) is 0 Å². The predicted octanol–water partition coefficient (Wildman–Crippen LogP) is 2.57. The third-order valence-electron chi connectivity index (χ3n) is 3.19. The summed E-state index contributed by atoms with van der Waals surface area (Å²) in [4.78, 5) is 0.940. The van der Waals surface area contributed by atoms with Gasteiger partial charge >= 0.3 is 0 Å². The maximum atomic E-state index is 12.6. The van der Waals surface area contributed by atoms with E-state index in [9.17, 15) is 8.42 Å². The minimum atomic E-state index is -3.45. The smallest absolute Gasteiger partial charge is 0.245 e. The SMILES string of the molecule is CC1CCCCN1S(=O)(=O)c1cc(CO)sc1Br. The average molecular weight is 354 g/mol. The molecule has 1 aromatic heterocycles. The molecule has 0 bridgehead atoms. The number of sulfonamides is 1. The Bertz CT molecular complexity index is 526. The molecule has 7 heteroatoms. The second kappa shape index (κ2) is 5.58. The van der Waals surface area contributed by atoms with Crippen molar-refractivity contribution in [1.82, 2.24) is 4.31 Å². The fraction of sp³-hybridized carbons (Fsp3) is 0.636. The van der Waals surface area contributed by atoms with Gasteiger partial charge in [-0.15, -0.1) is 11.3 Å². The fourth-order valence-electron chi connectivity index (χ4n) is 2.21. The van der Waals surface area contributed by atoms with Crippen molar-refractivity contribution in [2.24, 2.45) is 0 Å². The Morgan fingerprint density at radius 2 is 2.28 bits per heavy atom. The first-order valence-electron chi connectivity index (χ1n) is 5.87. The normalized spacial score (nSPS) is 22.3. The standard InChI is InChI=1S/C11H16BrNO3S2/c1-8-4-2-3-5-13(8)18(15,16)10-6-9(7-14)17-11(10)12/h6,8,14H,2-5,7H2,1H3. The molecule has 1 aliphatic heterocycles. The molecule has 0 radical (unpaired) electrons. The van der Waals surface area contributed by atoms with Crippen LogP contribution in [0.4, 0.5) is 0 Å². The zero-order chi connectivity index (χ0) is 13.3. The molecule has 0 spiro atoms. The summed E-state index contributed by atoms with van der Waals surface area (Å²) in [6.45, 7) is 2.40. The number of rotatable bonds is 3. The summed E-state index contributed by atoms with van der Waals surface area (Å²) in [7, 11) is -3.45. The van der Waals surface area contributed by atoms with Gasteiger partial charge in [-0.05, 0) is 41.8 Å². The second-order valence-electron chi connectivity index (χ2n) is 4.47. The van der Waals surface area contributed by atoms with E-state index in [1.165, 1.54) is 11.3 Å². The lowest BCUT2D eigenvalue weighted by Gasteiger charge is -2.32. The van der Waals surface area contributed by atoms with Gasteiger partial charge in [0.1, 0.15) is 4.90 Å². The maximum Gasteiger partial charge on any atom is 0.245 e.